The number of hydrogen-bond donors (Lipinski definition) is 1. The number of carbonyl (C=O) groups excluding carboxylic acids is 1. The summed E-state index contributed by atoms with van der Waals surface area (Å²) in [5.74, 6) is 0.232. The Hall–Kier alpha value is -3.75. The van der Waals surface area contributed by atoms with Gasteiger partial charge in [-0.2, -0.15) is 0 Å². The number of allylic oxidation sites excluding steroid dienone is 4. The van der Waals surface area contributed by atoms with Crippen molar-refractivity contribution in [3.05, 3.63) is 88.6 Å². The first-order valence-electron chi connectivity index (χ1n) is 13.5. The van der Waals surface area contributed by atoms with E-state index in [2.05, 4.69) is 32.1 Å². The molecule has 1 saturated heterocycles. The van der Waals surface area contributed by atoms with Gasteiger partial charge >= 0.3 is 6.36 Å². The molecule has 1 aromatic carbocycles. The van der Waals surface area contributed by atoms with Gasteiger partial charge in [0.1, 0.15) is 17.1 Å². The van der Waals surface area contributed by atoms with Crippen molar-refractivity contribution in [2.45, 2.75) is 58.9 Å². The molecule has 1 aliphatic carbocycles. The van der Waals surface area contributed by atoms with Crippen LogP contribution >= 0.6 is 0 Å². The number of hydrogen-bond acceptors (Lipinski definition) is 4. The van der Waals surface area contributed by atoms with Crippen LogP contribution in [0.3, 0.4) is 0 Å². The fourth-order valence-electron chi connectivity index (χ4n) is 5.55. The zero-order valence-corrected chi connectivity index (χ0v) is 22.2. The van der Waals surface area contributed by atoms with Crippen LogP contribution in [0.1, 0.15) is 59.9 Å². The first-order chi connectivity index (χ1) is 18.7. The van der Waals surface area contributed by atoms with E-state index in [9.17, 15) is 18.0 Å². The molecule has 206 valence electrons. The number of fused-ring (bicyclic) bond motifs is 1. The van der Waals surface area contributed by atoms with E-state index in [0.29, 0.717) is 37.4 Å². The zero-order chi connectivity index (χ0) is 27.6. The molecule has 2 aromatic heterocycles. The highest BCUT2D eigenvalue weighted by atomic mass is 19.4. The molecule has 1 amide bonds. The van der Waals surface area contributed by atoms with Gasteiger partial charge in [-0.25, -0.2) is 4.98 Å². The smallest absolute Gasteiger partial charge is 0.410 e. The SMILES string of the molecule is CCc1nc2c(C)cccn2c1C(=O)NCc1ccc(N2CCC(C3=CC=C(OC(F)(F)F)CC3)CC2)cc1. The fraction of sp³-hybridized carbons (Fsp3) is 0.400. The van der Waals surface area contributed by atoms with E-state index >= 15 is 0 Å². The molecule has 0 spiro atoms. The molecule has 0 unspecified atom stereocenters. The van der Waals surface area contributed by atoms with Crippen LogP contribution in [0.5, 0.6) is 0 Å². The molecule has 1 fully saturated rings. The number of rotatable bonds is 7. The van der Waals surface area contributed by atoms with Crippen LogP contribution in [0.4, 0.5) is 18.9 Å². The number of benzene rings is 1. The van der Waals surface area contributed by atoms with E-state index < -0.39 is 6.36 Å². The highest BCUT2D eigenvalue weighted by molar-refractivity contribution is 5.94. The largest absolute Gasteiger partial charge is 0.572 e. The molecule has 2 aliphatic rings. The number of nitrogens with zero attached hydrogens (tertiary/aromatic N) is 3. The second-order valence-electron chi connectivity index (χ2n) is 10.2. The van der Waals surface area contributed by atoms with E-state index in [1.54, 1.807) is 0 Å². The molecule has 6 nitrogen and oxygen atoms in total. The van der Waals surface area contributed by atoms with E-state index in [4.69, 9.17) is 0 Å². The monoisotopic (exact) mass is 538 g/mol. The third-order valence-electron chi connectivity index (χ3n) is 7.63. The quantitative estimate of drug-likeness (QED) is 0.374. The van der Waals surface area contributed by atoms with Gasteiger partial charge in [0.25, 0.3) is 5.91 Å². The molecule has 1 N–H and O–H groups in total. The standard InChI is InChI=1S/C30H33F3N4O2/c1-3-26-27(37-16-4-5-20(2)28(37)35-26)29(38)34-19-21-6-10-24(11-7-21)36-17-14-23(15-18-36)22-8-12-25(13-9-22)39-30(31,32)33/h4-8,10-12,16,23H,3,9,13-15,17-19H2,1-2H3,(H,34,38). The number of anilines is 1. The Morgan fingerprint density at radius 1 is 1.10 bits per heavy atom. The minimum absolute atomic E-state index is 0.0144. The minimum Gasteiger partial charge on any atom is -0.410 e. The predicted octanol–water partition coefficient (Wildman–Crippen LogP) is 6.49. The Balaban J connectivity index is 1.15. The van der Waals surface area contributed by atoms with Crippen LogP contribution in [0.2, 0.25) is 0 Å². The Morgan fingerprint density at radius 3 is 2.49 bits per heavy atom. The molecule has 3 heterocycles. The lowest BCUT2D eigenvalue weighted by molar-refractivity contribution is -0.306. The van der Waals surface area contributed by atoms with Crippen molar-refractivity contribution in [1.82, 2.24) is 14.7 Å². The zero-order valence-electron chi connectivity index (χ0n) is 22.2. The number of amides is 1. The number of ether oxygens (including phenoxy) is 1. The molecular weight excluding hydrogens is 505 g/mol. The van der Waals surface area contributed by atoms with Crippen LogP contribution in [0, 0.1) is 12.8 Å². The summed E-state index contributed by atoms with van der Waals surface area (Å²) in [5, 5.41) is 3.05. The molecule has 0 radical (unpaired) electrons. The number of nitrogens with one attached hydrogen (secondary N) is 1. The fourth-order valence-corrected chi connectivity index (χ4v) is 5.55. The molecule has 0 bridgehead atoms. The number of alkyl halides is 3. The van der Waals surface area contributed by atoms with Crippen LogP contribution in [-0.2, 0) is 17.7 Å². The summed E-state index contributed by atoms with van der Waals surface area (Å²) in [6, 6.07) is 12.2. The van der Waals surface area contributed by atoms with Crippen molar-refractivity contribution < 1.29 is 22.7 Å². The maximum Gasteiger partial charge on any atom is 0.572 e. The number of aromatic nitrogens is 2. The minimum atomic E-state index is -4.63. The number of piperidine rings is 1. The lowest BCUT2D eigenvalue weighted by atomic mass is 9.84. The summed E-state index contributed by atoms with van der Waals surface area (Å²) in [6.07, 6.45) is 4.04. The number of imidazole rings is 1. The highest BCUT2D eigenvalue weighted by Crippen LogP contribution is 2.34. The Morgan fingerprint density at radius 2 is 1.85 bits per heavy atom. The highest BCUT2D eigenvalue weighted by Gasteiger charge is 2.33. The van der Waals surface area contributed by atoms with Gasteiger partial charge in [0, 0.05) is 37.9 Å². The maximum absolute atomic E-state index is 13.1. The second-order valence-corrected chi connectivity index (χ2v) is 10.2. The van der Waals surface area contributed by atoms with Gasteiger partial charge in [-0.05, 0) is 73.9 Å². The molecular formula is C30H33F3N4O2. The van der Waals surface area contributed by atoms with Crippen LogP contribution < -0.4 is 10.2 Å². The van der Waals surface area contributed by atoms with Crippen LogP contribution in [0.25, 0.3) is 5.65 Å². The average Bonchev–Trinajstić information content (AvgIpc) is 3.32. The summed E-state index contributed by atoms with van der Waals surface area (Å²) in [4.78, 5) is 20.1. The predicted molar refractivity (Wildman–Crippen MR) is 144 cm³/mol. The van der Waals surface area contributed by atoms with Gasteiger partial charge in [0.2, 0.25) is 0 Å². The second kappa shape index (κ2) is 11.2. The van der Waals surface area contributed by atoms with E-state index in [1.165, 1.54) is 11.6 Å². The third-order valence-corrected chi connectivity index (χ3v) is 7.63. The summed E-state index contributed by atoms with van der Waals surface area (Å²) in [7, 11) is 0. The lowest BCUT2D eigenvalue weighted by Crippen LogP contribution is -2.34. The van der Waals surface area contributed by atoms with Gasteiger partial charge in [0.05, 0.1) is 5.69 Å². The number of halogens is 3. The molecule has 5 rings (SSSR count). The summed E-state index contributed by atoms with van der Waals surface area (Å²) < 4.78 is 43.2. The molecule has 0 saturated carbocycles. The average molecular weight is 539 g/mol. The molecule has 9 heteroatoms. The summed E-state index contributed by atoms with van der Waals surface area (Å²) >= 11 is 0. The summed E-state index contributed by atoms with van der Waals surface area (Å²) in [5.41, 5.74) is 6.57. The van der Waals surface area contributed by atoms with Gasteiger partial charge in [-0.1, -0.05) is 36.8 Å². The number of carbonyl (C=O) groups is 1. The van der Waals surface area contributed by atoms with Crippen molar-refractivity contribution in [1.29, 1.82) is 0 Å². The molecule has 0 atom stereocenters. The first kappa shape index (κ1) is 26.8. The van der Waals surface area contributed by atoms with E-state index in [-0.39, 0.29) is 11.7 Å². The van der Waals surface area contributed by atoms with Crippen molar-refractivity contribution in [3.8, 4) is 0 Å². The molecule has 3 aromatic rings. The maximum atomic E-state index is 13.1. The van der Waals surface area contributed by atoms with Crippen molar-refractivity contribution >= 4 is 17.2 Å². The number of aryl methyl sites for hydroxylation is 2. The first-order valence-corrected chi connectivity index (χ1v) is 13.5. The van der Waals surface area contributed by atoms with Crippen molar-refractivity contribution in [2.24, 2.45) is 5.92 Å². The Labute approximate surface area is 226 Å². The van der Waals surface area contributed by atoms with E-state index in [0.717, 1.165) is 54.1 Å². The number of pyridine rings is 1. The third kappa shape index (κ3) is 6.13. The van der Waals surface area contributed by atoms with Crippen molar-refractivity contribution in [2.75, 3.05) is 18.0 Å². The van der Waals surface area contributed by atoms with Crippen molar-refractivity contribution in [3.63, 3.8) is 0 Å². The normalized spacial score (nSPS) is 16.7. The topological polar surface area (TPSA) is 58.9 Å². The molecule has 1 aliphatic heterocycles. The van der Waals surface area contributed by atoms with Crippen LogP contribution in [-0.4, -0.2) is 34.7 Å². The van der Waals surface area contributed by atoms with Gasteiger partial charge in [-0.3, -0.25) is 9.20 Å². The Bertz CT molecular complexity index is 1400. The van der Waals surface area contributed by atoms with Gasteiger partial charge < -0.3 is 15.0 Å². The van der Waals surface area contributed by atoms with E-state index in [1.807, 2.05) is 54.8 Å². The Kier molecular flexibility index (Phi) is 7.68. The van der Waals surface area contributed by atoms with Gasteiger partial charge in [-0.15, -0.1) is 13.2 Å². The lowest BCUT2D eigenvalue weighted by Gasteiger charge is -2.35. The van der Waals surface area contributed by atoms with Crippen LogP contribution in [0.15, 0.2) is 66.1 Å². The summed E-state index contributed by atoms with van der Waals surface area (Å²) in [6.45, 7) is 6.19. The molecule has 39 heavy (non-hydrogen) atoms. The van der Waals surface area contributed by atoms with Gasteiger partial charge in [0.15, 0.2) is 0 Å².